The van der Waals surface area contributed by atoms with Crippen LogP contribution in [-0.2, 0) is 14.3 Å². The molecule has 2 amide bonds. The molecule has 0 aromatic heterocycles. The van der Waals surface area contributed by atoms with Gasteiger partial charge in [0.05, 0.1) is 25.5 Å². The fraction of sp³-hybridized carbons (Fsp3) is 0.158. The van der Waals surface area contributed by atoms with Crippen LogP contribution in [0.3, 0.4) is 0 Å². The van der Waals surface area contributed by atoms with Crippen LogP contribution in [0.15, 0.2) is 47.6 Å². The van der Waals surface area contributed by atoms with E-state index in [9.17, 15) is 19.5 Å². The van der Waals surface area contributed by atoms with Crippen LogP contribution >= 0.6 is 0 Å². The Balaban J connectivity index is 1.90. The number of nitrogens with zero attached hydrogens (tertiary/aromatic N) is 1. The van der Waals surface area contributed by atoms with Crippen molar-refractivity contribution in [3.63, 3.8) is 0 Å². The van der Waals surface area contributed by atoms with Crippen LogP contribution in [0.5, 0.6) is 11.5 Å². The SMILES string of the molecule is CCOC(=O)c1ccc(NC(=O)C(=O)N/N=C\c2ccc(O)c(OC)c2)cc1. The number of hydrogen-bond donors (Lipinski definition) is 3. The van der Waals surface area contributed by atoms with Crippen molar-refractivity contribution < 1.29 is 29.0 Å². The number of esters is 1. The molecule has 0 aliphatic carbocycles. The molecule has 0 aliphatic heterocycles. The van der Waals surface area contributed by atoms with E-state index in [-0.39, 0.29) is 18.1 Å². The highest BCUT2D eigenvalue weighted by atomic mass is 16.5. The third-order valence-corrected chi connectivity index (χ3v) is 3.44. The zero-order valence-electron chi connectivity index (χ0n) is 15.3. The maximum absolute atomic E-state index is 11.9. The Labute approximate surface area is 161 Å². The summed E-state index contributed by atoms with van der Waals surface area (Å²) >= 11 is 0. The first-order chi connectivity index (χ1) is 13.4. The highest BCUT2D eigenvalue weighted by Gasteiger charge is 2.13. The van der Waals surface area contributed by atoms with Gasteiger partial charge in [-0.05, 0) is 55.0 Å². The summed E-state index contributed by atoms with van der Waals surface area (Å²) in [5.41, 5.74) is 3.30. The van der Waals surface area contributed by atoms with Gasteiger partial charge in [0.25, 0.3) is 0 Å². The molecule has 9 heteroatoms. The Morgan fingerprint density at radius 3 is 2.46 bits per heavy atom. The number of nitrogens with one attached hydrogen (secondary N) is 2. The Hall–Kier alpha value is -3.88. The molecule has 146 valence electrons. The first-order valence-electron chi connectivity index (χ1n) is 8.23. The predicted octanol–water partition coefficient (Wildman–Crippen LogP) is 1.67. The molecule has 2 rings (SSSR count). The maximum Gasteiger partial charge on any atom is 0.338 e. The molecule has 0 unspecified atom stereocenters. The minimum atomic E-state index is -0.975. The van der Waals surface area contributed by atoms with Crippen LogP contribution in [0.2, 0.25) is 0 Å². The summed E-state index contributed by atoms with van der Waals surface area (Å²) in [5.74, 6) is -2.16. The number of phenolic OH excluding ortho intramolecular Hbond substituents is 1. The van der Waals surface area contributed by atoms with Gasteiger partial charge < -0.3 is 19.9 Å². The smallest absolute Gasteiger partial charge is 0.338 e. The van der Waals surface area contributed by atoms with Gasteiger partial charge in [-0.15, -0.1) is 0 Å². The van der Waals surface area contributed by atoms with Crippen molar-refractivity contribution in [2.24, 2.45) is 5.10 Å². The fourth-order valence-corrected chi connectivity index (χ4v) is 2.08. The fourth-order valence-electron chi connectivity index (χ4n) is 2.08. The summed E-state index contributed by atoms with van der Waals surface area (Å²) in [5, 5.41) is 15.6. The van der Waals surface area contributed by atoms with E-state index in [1.54, 1.807) is 13.0 Å². The van der Waals surface area contributed by atoms with E-state index >= 15 is 0 Å². The van der Waals surface area contributed by atoms with Gasteiger partial charge in [0.2, 0.25) is 0 Å². The molecule has 0 bridgehead atoms. The van der Waals surface area contributed by atoms with Crippen molar-refractivity contribution >= 4 is 29.7 Å². The van der Waals surface area contributed by atoms with Crippen LogP contribution in [0.1, 0.15) is 22.8 Å². The standard InChI is InChI=1S/C19H19N3O6/c1-3-28-19(26)13-5-7-14(8-6-13)21-17(24)18(25)22-20-11-12-4-9-15(23)16(10-12)27-2/h4-11,23H,3H2,1-2H3,(H,21,24)(H,22,25)/b20-11-. The van der Waals surface area contributed by atoms with E-state index < -0.39 is 17.8 Å². The number of anilines is 1. The molecule has 2 aromatic rings. The molecule has 9 nitrogen and oxygen atoms in total. The lowest BCUT2D eigenvalue weighted by Crippen LogP contribution is -2.32. The molecular formula is C19H19N3O6. The lowest BCUT2D eigenvalue weighted by molar-refractivity contribution is -0.136. The third-order valence-electron chi connectivity index (χ3n) is 3.44. The number of carbonyl (C=O) groups is 3. The number of phenols is 1. The number of ether oxygens (including phenoxy) is 2. The van der Waals surface area contributed by atoms with E-state index in [4.69, 9.17) is 9.47 Å². The van der Waals surface area contributed by atoms with Crippen LogP contribution in [0, 0.1) is 0 Å². The molecule has 0 fully saturated rings. The van der Waals surface area contributed by atoms with E-state index in [0.717, 1.165) is 0 Å². The Bertz CT molecular complexity index is 893. The largest absolute Gasteiger partial charge is 0.504 e. The second-order valence-electron chi connectivity index (χ2n) is 5.38. The van der Waals surface area contributed by atoms with Crippen LogP contribution < -0.4 is 15.5 Å². The summed E-state index contributed by atoms with van der Waals surface area (Å²) in [6.45, 7) is 1.96. The van der Waals surface area contributed by atoms with Gasteiger partial charge in [-0.3, -0.25) is 9.59 Å². The molecular weight excluding hydrogens is 366 g/mol. The molecule has 0 radical (unpaired) electrons. The number of carbonyl (C=O) groups excluding carboxylic acids is 3. The molecule has 28 heavy (non-hydrogen) atoms. The lowest BCUT2D eigenvalue weighted by atomic mass is 10.2. The van der Waals surface area contributed by atoms with E-state index in [1.165, 1.54) is 49.7 Å². The molecule has 0 atom stereocenters. The monoisotopic (exact) mass is 385 g/mol. The first-order valence-corrected chi connectivity index (χ1v) is 8.23. The summed E-state index contributed by atoms with van der Waals surface area (Å²) in [6.07, 6.45) is 1.29. The van der Waals surface area contributed by atoms with Crippen molar-refractivity contribution in [3.05, 3.63) is 53.6 Å². The van der Waals surface area contributed by atoms with Gasteiger partial charge in [0.15, 0.2) is 11.5 Å². The van der Waals surface area contributed by atoms with Gasteiger partial charge in [-0.1, -0.05) is 0 Å². The second-order valence-corrected chi connectivity index (χ2v) is 5.38. The predicted molar refractivity (Wildman–Crippen MR) is 101 cm³/mol. The summed E-state index contributed by atoms with van der Waals surface area (Å²) in [6, 6.07) is 10.4. The zero-order valence-corrected chi connectivity index (χ0v) is 15.3. The highest BCUT2D eigenvalue weighted by molar-refractivity contribution is 6.39. The number of rotatable bonds is 6. The molecule has 0 spiro atoms. The lowest BCUT2D eigenvalue weighted by Gasteiger charge is -2.06. The molecule has 0 heterocycles. The van der Waals surface area contributed by atoms with Crippen molar-refractivity contribution in [2.45, 2.75) is 6.92 Å². The van der Waals surface area contributed by atoms with Crippen LogP contribution in [0.25, 0.3) is 0 Å². The number of amides is 2. The summed E-state index contributed by atoms with van der Waals surface area (Å²) in [7, 11) is 1.40. The van der Waals surface area contributed by atoms with Crippen LogP contribution in [-0.4, -0.2) is 42.8 Å². The minimum Gasteiger partial charge on any atom is -0.504 e. The number of aromatic hydroxyl groups is 1. The van der Waals surface area contributed by atoms with Gasteiger partial charge in [0, 0.05) is 5.69 Å². The molecule has 2 aromatic carbocycles. The molecule has 0 saturated heterocycles. The van der Waals surface area contributed by atoms with Crippen LogP contribution in [0.4, 0.5) is 5.69 Å². The normalized spacial score (nSPS) is 10.4. The van der Waals surface area contributed by atoms with Crippen molar-refractivity contribution in [1.29, 1.82) is 0 Å². The number of hydrazone groups is 1. The third kappa shape index (κ3) is 5.56. The maximum atomic E-state index is 11.9. The van der Waals surface area contributed by atoms with Gasteiger partial charge in [0.1, 0.15) is 0 Å². The van der Waals surface area contributed by atoms with E-state index in [0.29, 0.717) is 16.8 Å². The number of methoxy groups -OCH3 is 1. The average molecular weight is 385 g/mol. The van der Waals surface area contributed by atoms with Gasteiger partial charge in [-0.25, -0.2) is 10.2 Å². The van der Waals surface area contributed by atoms with Crippen molar-refractivity contribution in [1.82, 2.24) is 5.43 Å². The Morgan fingerprint density at radius 1 is 1.11 bits per heavy atom. The van der Waals surface area contributed by atoms with E-state index in [1.807, 2.05) is 0 Å². The quantitative estimate of drug-likeness (QED) is 0.300. The molecule has 3 N–H and O–H groups in total. The van der Waals surface area contributed by atoms with Crippen molar-refractivity contribution in [2.75, 3.05) is 19.0 Å². The summed E-state index contributed by atoms with van der Waals surface area (Å²) in [4.78, 5) is 35.2. The summed E-state index contributed by atoms with van der Waals surface area (Å²) < 4.78 is 9.82. The van der Waals surface area contributed by atoms with E-state index in [2.05, 4.69) is 15.8 Å². The number of hydrogen-bond acceptors (Lipinski definition) is 7. The Morgan fingerprint density at radius 2 is 1.82 bits per heavy atom. The van der Waals surface area contributed by atoms with Gasteiger partial charge in [-0.2, -0.15) is 5.10 Å². The first kappa shape index (κ1) is 20.4. The minimum absolute atomic E-state index is 0.0305. The highest BCUT2D eigenvalue weighted by Crippen LogP contribution is 2.25. The Kier molecular flexibility index (Phi) is 7.09. The number of benzene rings is 2. The topological polar surface area (TPSA) is 126 Å². The van der Waals surface area contributed by atoms with Crippen molar-refractivity contribution in [3.8, 4) is 11.5 Å². The van der Waals surface area contributed by atoms with Gasteiger partial charge >= 0.3 is 17.8 Å². The average Bonchev–Trinajstić information content (AvgIpc) is 2.69. The molecule has 0 saturated carbocycles. The zero-order chi connectivity index (χ0) is 20.5. The second kappa shape index (κ2) is 9.72. The molecule has 0 aliphatic rings.